The maximum atomic E-state index is 9.93. The molecule has 1 N–H and O–H groups in total. The number of phenols is 1. The maximum Gasteiger partial charge on any atom is 0.189 e. The minimum absolute atomic E-state index is 0.333. The van der Waals surface area contributed by atoms with Crippen LogP contribution in [0.15, 0.2) is 36.4 Å². The van der Waals surface area contributed by atoms with Crippen molar-refractivity contribution in [3.05, 3.63) is 58.7 Å². The molecule has 0 amide bonds. The lowest BCUT2D eigenvalue weighted by atomic mass is 9.94. The van der Waals surface area contributed by atoms with Crippen molar-refractivity contribution in [2.75, 3.05) is 13.4 Å². The van der Waals surface area contributed by atoms with Gasteiger partial charge in [-0.3, -0.25) is 0 Å². The molecule has 0 fully saturated rings. The fraction of sp³-hybridized carbons (Fsp3) is 0.556. The van der Waals surface area contributed by atoms with Crippen LogP contribution in [0.1, 0.15) is 108 Å². The van der Waals surface area contributed by atoms with Gasteiger partial charge in [-0.25, -0.2) is 0 Å². The Hall–Kier alpha value is -2.00. The van der Waals surface area contributed by atoms with E-state index in [4.69, 9.17) is 9.47 Å². The second-order valence-electron chi connectivity index (χ2n) is 8.92. The largest absolute Gasteiger partial charge is 0.507 e. The van der Waals surface area contributed by atoms with Crippen molar-refractivity contribution in [2.45, 2.75) is 86.0 Å². The van der Waals surface area contributed by atoms with Crippen LogP contribution in [-0.4, -0.2) is 18.5 Å². The molecule has 2 aromatic carbocycles. The highest BCUT2D eigenvalue weighted by Gasteiger charge is 2.15. The van der Waals surface area contributed by atoms with Gasteiger partial charge in [0.05, 0.1) is 0 Å². The van der Waals surface area contributed by atoms with E-state index in [2.05, 4.69) is 73.6 Å². The standard InChI is InChI=1S/C15H24O2.C12H18O/c1-6-16-10-17-15-13(11(2)3)8-7-9-14(15)12(4)5;1-8(2)10-6-5-7-11(9(3)4)12(10)13/h7-9,11-12H,6,10H2,1-5H3;5-9,13H,1-4H3. The highest BCUT2D eigenvalue weighted by Crippen LogP contribution is 2.34. The zero-order valence-electron chi connectivity index (χ0n) is 20.5. The van der Waals surface area contributed by atoms with Gasteiger partial charge < -0.3 is 14.6 Å². The monoisotopic (exact) mass is 414 g/mol. The highest BCUT2D eigenvalue weighted by molar-refractivity contribution is 5.45. The van der Waals surface area contributed by atoms with Crippen LogP contribution in [0.3, 0.4) is 0 Å². The molecule has 0 aliphatic carbocycles. The van der Waals surface area contributed by atoms with Gasteiger partial charge >= 0.3 is 0 Å². The average molecular weight is 415 g/mol. The second kappa shape index (κ2) is 12.6. The summed E-state index contributed by atoms with van der Waals surface area (Å²) >= 11 is 0. The molecule has 3 heteroatoms. The summed E-state index contributed by atoms with van der Waals surface area (Å²) in [7, 11) is 0. The average Bonchev–Trinajstić information content (AvgIpc) is 2.68. The van der Waals surface area contributed by atoms with Crippen LogP contribution in [-0.2, 0) is 4.74 Å². The van der Waals surface area contributed by atoms with Gasteiger partial charge in [-0.15, -0.1) is 0 Å². The fourth-order valence-electron chi connectivity index (χ4n) is 3.35. The summed E-state index contributed by atoms with van der Waals surface area (Å²) in [5.74, 6) is 3.19. The van der Waals surface area contributed by atoms with Crippen LogP contribution in [0, 0.1) is 0 Å². The smallest absolute Gasteiger partial charge is 0.189 e. The van der Waals surface area contributed by atoms with Crippen LogP contribution >= 0.6 is 0 Å². The van der Waals surface area contributed by atoms with Gasteiger partial charge in [0.15, 0.2) is 6.79 Å². The fourth-order valence-corrected chi connectivity index (χ4v) is 3.35. The van der Waals surface area contributed by atoms with E-state index in [1.54, 1.807) is 0 Å². The lowest BCUT2D eigenvalue weighted by molar-refractivity contribution is 0.0210. The Morgan fingerprint density at radius 1 is 0.667 bits per heavy atom. The van der Waals surface area contributed by atoms with E-state index in [1.807, 2.05) is 25.1 Å². The number of hydrogen-bond acceptors (Lipinski definition) is 3. The summed E-state index contributed by atoms with van der Waals surface area (Å²) in [5.41, 5.74) is 4.62. The molecule has 0 atom stereocenters. The topological polar surface area (TPSA) is 38.7 Å². The Kier molecular flexibility index (Phi) is 11.0. The summed E-state index contributed by atoms with van der Waals surface area (Å²) in [5, 5.41) is 9.93. The predicted molar refractivity (Wildman–Crippen MR) is 128 cm³/mol. The second-order valence-corrected chi connectivity index (χ2v) is 8.92. The van der Waals surface area contributed by atoms with Crippen molar-refractivity contribution < 1.29 is 14.6 Å². The van der Waals surface area contributed by atoms with Crippen LogP contribution in [0.5, 0.6) is 11.5 Å². The molecule has 2 rings (SSSR count). The molecule has 0 spiro atoms. The molecule has 0 radical (unpaired) electrons. The Bertz CT molecular complexity index is 708. The third-order valence-electron chi connectivity index (χ3n) is 5.15. The van der Waals surface area contributed by atoms with Crippen molar-refractivity contribution in [1.29, 1.82) is 0 Å². The Balaban J connectivity index is 0.000000311. The molecule has 0 aliphatic rings. The molecule has 0 saturated carbocycles. The first-order chi connectivity index (χ1) is 14.1. The molecule has 2 aromatic rings. The minimum Gasteiger partial charge on any atom is -0.507 e. The highest BCUT2D eigenvalue weighted by atomic mass is 16.7. The van der Waals surface area contributed by atoms with E-state index >= 15 is 0 Å². The van der Waals surface area contributed by atoms with Crippen molar-refractivity contribution in [2.24, 2.45) is 0 Å². The van der Waals surface area contributed by atoms with Gasteiger partial charge in [0.25, 0.3) is 0 Å². The van der Waals surface area contributed by atoms with Gasteiger partial charge in [0.2, 0.25) is 0 Å². The molecule has 3 nitrogen and oxygen atoms in total. The number of ether oxygens (including phenoxy) is 2. The third kappa shape index (κ3) is 7.36. The molecular weight excluding hydrogens is 372 g/mol. The van der Waals surface area contributed by atoms with Crippen LogP contribution < -0.4 is 4.74 Å². The Morgan fingerprint density at radius 2 is 1.03 bits per heavy atom. The van der Waals surface area contributed by atoms with Crippen LogP contribution in [0.4, 0.5) is 0 Å². The summed E-state index contributed by atoms with van der Waals surface area (Å²) in [6.07, 6.45) is 0. The SMILES string of the molecule is CC(C)c1cccc(C(C)C)c1O.CCOCOc1c(C(C)C)cccc1C(C)C. The third-order valence-corrected chi connectivity index (χ3v) is 5.15. The van der Waals surface area contributed by atoms with E-state index in [9.17, 15) is 5.11 Å². The molecule has 0 aromatic heterocycles. The maximum absolute atomic E-state index is 9.93. The molecule has 0 saturated heterocycles. The van der Waals surface area contributed by atoms with E-state index in [0.29, 0.717) is 42.8 Å². The Labute approximate surface area is 184 Å². The number of aromatic hydroxyl groups is 1. The van der Waals surface area contributed by atoms with Crippen molar-refractivity contribution in [1.82, 2.24) is 0 Å². The summed E-state index contributed by atoms with van der Waals surface area (Å²) < 4.78 is 11.1. The quantitative estimate of drug-likeness (QED) is 0.352. The molecular formula is C27H42O3. The van der Waals surface area contributed by atoms with Gasteiger partial charge in [0, 0.05) is 6.61 Å². The summed E-state index contributed by atoms with van der Waals surface area (Å²) in [6, 6.07) is 12.4. The molecule has 0 unspecified atom stereocenters. The van der Waals surface area contributed by atoms with Gasteiger partial charge in [-0.05, 0) is 52.8 Å². The lowest BCUT2D eigenvalue weighted by Gasteiger charge is -2.19. The van der Waals surface area contributed by atoms with Crippen LogP contribution in [0.2, 0.25) is 0 Å². The van der Waals surface area contributed by atoms with Gasteiger partial charge in [-0.2, -0.15) is 0 Å². The molecule has 0 heterocycles. The van der Waals surface area contributed by atoms with E-state index in [0.717, 1.165) is 16.9 Å². The molecule has 168 valence electrons. The molecule has 0 bridgehead atoms. The number of hydrogen-bond donors (Lipinski definition) is 1. The Morgan fingerprint density at radius 3 is 1.37 bits per heavy atom. The predicted octanol–water partition coefficient (Wildman–Crippen LogP) is 7.95. The first-order valence-corrected chi connectivity index (χ1v) is 11.3. The van der Waals surface area contributed by atoms with E-state index in [1.165, 1.54) is 11.1 Å². The summed E-state index contributed by atoms with van der Waals surface area (Å²) in [4.78, 5) is 0. The number of phenolic OH excluding ortho intramolecular Hbond substituents is 1. The lowest BCUT2D eigenvalue weighted by Crippen LogP contribution is -2.07. The first-order valence-electron chi connectivity index (χ1n) is 11.3. The first kappa shape index (κ1) is 26.0. The zero-order valence-corrected chi connectivity index (χ0v) is 20.5. The van der Waals surface area contributed by atoms with E-state index < -0.39 is 0 Å². The number of benzene rings is 2. The van der Waals surface area contributed by atoms with Gasteiger partial charge in [0.1, 0.15) is 11.5 Å². The minimum atomic E-state index is 0.333. The molecule has 30 heavy (non-hydrogen) atoms. The van der Waals surface area contributed by atoms with Crippen molar-refractivity contribution in [3.8, 4) is 11.5 Å². The number of rotatable bonds is 8. The number of para-hydroxylation sites is 2. The van der Waals surface area contributed by atoms with E-state index in [-0.39, 0.29) is 0 Å². The normalized spacial score (nSPS) is 11.2. The van der Waals surface area contributed by atoms with Crippen molar-refractivity contribution in [3.63, 3.8) is 0 Å². The van der Waals surface area contributed by atoms with Gasteiger partial charge in [-0.1, -0.05) is 91.8 Å². The summed E-state index contributed by atoms with van der Waals surface area (Å²) in [6.45, 7) is 20.1. The van der Waals surface area contributed by atoms with Crippen molar-refractivity contribution >= 4 is 0 Å². The molecule has 0 aliphatic heterocycles. The van der Waals surface area contributed by atoms with Crippen LogP contribution in [0.25, 0.3) is 0 Å². The zero-order chi connectivity index (χ0) is 22.8.